The fourth-order valence-electron chi connectivity index (χ4n) is 15.3. The Morgan fingerprint density at radius 1 is 0.763 bits per heavy atom. The van der Waals surface area contributed by atoms with Gasteiger partial charge in [0, 0.05) is 12.8 Å². The molecule has 3 aliphatic heterocycles. The largest absolute Gasteiger partial charge is 0.454 e. The summed E-state index contributed by atoms with van der Waals surface area (Å²) in [4.78, 5) is 12.3. The molecule has 22 atom stereocenters. The van der Waals surface area contributed by atoms with E-state index in [-0.39, 0.29) is 45.5 Å². The van der Waals surface area contributed by atoms with Crippen LogP contribution in [0.5, 0.6) is 0 Å². The number of aliphatic hydroxyl groups is 8. The lowest BCUT2D eigenvalue weighted by Crippen LogP contribution is -2.64. The summed E-state index contributed by atoms with van der Waals surface area (Å²) in [6.45, 7) is 17.0. The van der Waals surface area contributed by atoms with Crippen molar-refractivity contribution in [2.75, 3.05) is 6.61 Å². The first-order chi connectivity index (χ1) is 27.3. The summed E-state index contributed by atoms with van der Waals surface area (Å²) >= 11 is 0. The minimum atomic E-state index is -1.62. The normalized spacial score (nSPS) is 56.7. The first-order valence-corrected chi connectivity index (χ1v) is 22.2. The van der Waals surface area contributed by atoms with Gasteiger partial charge in [0.05, 0.1) is 48.3 Å². The molecule has 0 aromatic heterocycles. The molecule has 0 unspecified atom stereocenters. The smallest absolute Gasteiger partial charge is 0.303 e. The molecule has 5 saturated carbocycles. The number of carbonyl (C=O) groups is 1. The zero-order valence-electron chi connectivity index (χ0n) is 36.3. The summed E-state index contributed by atoms with van der Waals surface area (Å²) in [7, 11) is 0. The quantitative estimate of drug-likeness (QED) is 0.128. The van der Waals surface area contributed by atoms with Crippen LogP contribution < -0.4 is 0 Å². The summed E-state index contributed by atoms with van der Waals surface area (Å²) in [6, 6.07) is 0. The molecule has 8 N–H and O–H groups in total. The molecule has 338 valence electrons. The second-order valence-electron chi connectivity index (χ2n) is 22.1. The molecule has 3 heterocycles. The number of aliphatic hydroxyl groups excluding tert-OH is 7. The maximum absolute atomic E-state index is 12.5. The molecule has 5 aliphatic carbocycles. The third-order valence-corrected chi connectivity index (χ3v) is 18.2. The van der Waals surface area contributed by atoms with Crippen LogP contribution in [-0.2, 0) is 33.2 Å². The third kappa shape index (κ3) is 6.48. The maximum atomic E-state index is 12.5. The Balaban J connectivity index is 1.01. The van der Waals surface area contributed by atoms with Gasteiger partial charge in [-0.2, -0.15) is 0 Å². The van der Waals surface area contributed by atoms with E-state index in [0.29, 0.717) is 19.3 Å². The lowest BCUT2D eigenvalue weighted by Gasteiger charge is -2.64. The molecule has 8 rings (SSSR count). The van der Waals surface area contributed by atoms with Gasteiger partial charge < -0.3 is 69.3 Å². The van der Waals surface area contributed by atoms with Gasteiger partial charge >= 0.3 is 5.97 Å². The van der Waals surface area contributed by atoms with Crippen molar-refractivity contribution < 1.29 is 74.1 Å². The minimum Gasteiger partial charge on any atom is -0.454 e. The summed E-state index contributed by atoms with van der Waals surface area (Å²) < 4.78 is 36.5. The number of carbonyl (C=O) groups excluding carboxylic acids is 1. The number of rotatable bonds is 8. The molecule has 0 amide bonds. The van der Waals surface area contributed by atoms with Gasteiger partial charge in [-0.15, -0.1) is 0 Å². The van der Waals surface area contributed by atoms with Gasteiger partial charge in [0.25, 0.3) is 0 Å². The molecular weight excluding hydrogens is 768 g/mol. The molecule has 0 aromatic rings. The van der Waals surface area contributed by atoms with Crippen molar-refractivity contribution in [3.63, 3.8) is 0 Å². The van der Waals surface area contributed by atoms with Crippen molar-refractivity contribution in [1.29, 1.82) is 0 Å². The van der Waals surface area contributed by atoms with Crippen LogP contribution in [0.25, 0.3) is 0 Å². The first-order valence-electron chi connectivity index (χ1n) is 22.2. The second-order valence-corrected chi connectivity index (χ2v) is 22.1. The third-order valence-electron chi connectivity index (χ3n) is 18.2. The Kier molecular flexibility index (Phi) is 10.9. The van der Waals surface area contributed by atoms with E-state index in [2.05, 4.69) is 34.6 Å². The molecule has 3 saturated heterocycles. The summed E-state index contributed by atoms with van der Waals surface area (Å²) in [5, 5.41) is 88.7. The molecule has 0 bridgehead atoms. The standard InChI is InChI=1S/C44H72O15/c1-20-28(48)30(50)32(52)36(55-20)54-18-24-29(49)31(51)33(56-21(2)45)37(57-24)58-26-11-13-44-19-43(44)15-14-40(7)35(42(9)12-10-27(59-42)39(5,6)53)23(47)17-41(40,8)25(43)16-22(46)34(44)38(26,3)4/h20,22-37,46-53H,10-19H2,1-9H3/t20-,22-,23-,24+,25-,26-,27+,28-,29+,30+,31-,32+,33+,34-,35-,36+,37-,40+,41-,42-,43-,44+/m0/s1. The van der Waals surface area contributed by atoms with E-state index in [1.807, 2.05) is 0 Å². The summed E-state index contributed by atoms with van der Waals surface area (Å²) in [6.07, 6.45) is -8.77. The predicted molar refractivity (Wildman–Crippen MR) is 208 cm³/mol. The number of esters is 1. The van der Waals surface area contributed by atoms with E-state index in [0.717, 1.165) is 38.5 Å². The lowest BCUT2D eigenvalue weighted by molar-refractivity contribution is -0.344. The van der Waals surface area contributed by atoms with Crippen molar-refractivity contribution in [3.05, 3.63) is 0 Å². The molecule has 8 aliphatic rings. The Morgan fingerprint density at radius 3 is 2.10 bits per heavy atom. The highest BCUT2D eigenvalue weighted by Gasteiger charge is 2.85. The van der Waals surface area contributed by atoms with Crippen LogP contribution in [0.4, 0.5) is 0 Å². The van der Waals surface area contributed by atoms with Crippen molar-refractivity contribution in [2.45, 2.75) is 217 Å². The number of hydrogen-bond donors (Lipinski definition) is 8. The average molecular weight is 841 g/mol. The van der Waals surface area contributed by atoms with Crippen molar-refractivity contribution in [3.8, 4) is 0 Å². The SMILES string of the molecule is CC(=O)O[C@H]1[C@H](O[C@H]2CC[C@]34C[C@]35CC[C@]3(C)[C@@H]([C@]6(C)CC[C@H](C(C)(C)O)O6)[C@@H](O)C[C@@]3(C)[C@@H]5C[C@H](O)[C@H]4C2(C)C)O[C@H](CO[C@@H]2O[C@@H](C)[C@H](O)[C@@H](O)[C@H]2O)[C@@H](O)[C@@H]1O. The van der Waals surface area contributed by atoms with E-state index < -0.39 is 109 Å². The molecular formula is C44H72O15. The van der Waals surface area contributed by atoms with E-state index >= 15 is 0 Å². The molecule has 2 spiro atoms. The molecule has 15 nitrogen and oxygen atoms in total. The fourth-order valence-corrected chi connectivity index (χ4v) is 15.3. The second kappa shape index (κ2) is 14.5. The predicted octanol–water partition coefficient (Wildman–Crippen LogP) is 1.68. The van der Waals surface area contributed by atoms with Crippen LogP contribution in [0.15, 0.2) is 0 Å². The van der Waals surface area contributed by atoms with Crippen LogP contribution in [0.3, 0.4) is 0 Å². The van der Waals surface area contributed by atoms with Crippen LogP contribution >= 0.6 is 0 Å². The van der Waals surface area contributed by atoms with Gasteiger partial charge in [-0.25, -0.2) is 0 Å². The highest BCUT2D eigenvalue weighted by atomic mass is 16.7. The molecule has 59 heavy (non-hydrogen) atoms. The van der Waals surface area contributed by atoms with E-state index in [1.54, 1.807) is 13.8 Å². The van der Waals surface area contributed by atoms with Crippen molar-refractivity contribution >= 4 is 5.97 Å². The topological polar surface area (TPSA) is 234 Å². The highest BCUT2D eigenvalue weighted by molar-refractivity contribution is 5.66. The minimum absolute atomic E-state index is 0.00764. The Labute approximate surface area is 348 Å². The fraction of sp³-hybridized carbons (Fsp3) is 0.977. The van der Waals surface area contributed by atoms with Gasteiger partial charge in [0.2, 0.25) is 0 Å². The zero-order valence-corrected chi connectivity index (χ0v) is 36.3. The molecule has 0 radical (unpaired) electrons. The van der Waals surface area contributed by atoms with E-state index in [4.69, 9.17) is 28.4 Å². The average Bonchev–Trinajstić information content (AvgIpc) is 3.49. The van der Waals surface area contributed by atoms with Crippen LogP contribution in [0.2, 0.25) is 0 Å². The Hall–Kier alpha value is -1.05. The van der Waals surface area contributed by atoms with Gasteiger partial charge in [-0.1, -0.05) is 27.7 Å². The zero-order chi connectivity index (χ0) is 43.2. The van der Waals surface area contributed by atoms with Crippen molar-refractivity contribution in [1.82, 2.24) is 0 Å². The van der Waals surface area contributed by atoms with E-state index in [9.17, 15) is 45.6 Å². The Bertz CT molecular complexity index is 1610. The van der Waals surface area contributed by atoms with Crippen molar-refractivity contribution in [2.24, 2.45) is 44.8 Å². The van der Waals surface area contributed by atoms with Gasteiger partial charge in [0.1, 0.15) is 36.6 Å². The number of fused-ring (bicyclic) bond motifs is 2. The summed E-state index contributed by atoms with van der Waals surface area (Å²) in [5.74, 6) is -0.759. The first kappa shape index (κ1) is 44.6. The van der Waals surface area contributed by atoms with Crippen LogP contribution in [0, 0.1) is 44.8 Å². The Morgan fingerprint density at radius 2 is 1.46 bits per heavy atom. The van der Waals surface area contributed by atoms with Gasteiger partial charge in [-0.3, -0.25) is 4.79 Å². The molecule has 15 heteroatoms. The van der Waals surface area contributed by atoms with Crippen LogP contribution in [0.1, 0.15) is 120 Å². The molecule has 0 aromatic carbocycles. The van der Waals surface area contributed by atoms with E-state index in [1.165, 1.54) is 13.8 Å². The highest BCUT2D eigenvalue weighted by Crippen LogP contribution is 2.89. The van der Waals surface area contributed by atoms with Gasteiger partial charge in [0.15, 0.2) is 18.7 Å². The monoisotopic (exact) mass is 840 g/mol. The van der Waals surface area contributed by atoms with Crippen LogP contribution in [-0.4, -0.2) is 150 Å². The molecule has 8 fully saturated rings. The summed E-state index contributed by atoms with van der Waals surface area (Å²) in [5.41, 5.74) is -2.81. The lowest BCUT2D eigenvalue weighted by atomic mass is 9.41. The van der Waals surface area contributed by atoms with Gasteiger partial charge in [-0.05, 0) is 124 Å². The number of ether oxygens (including phenoxy) is 6. The maximum Gasteiger partial charge on any atom is 0.303 e. The number of hydrogen-bond acceptors (Lipinski definition) is 15.